The first-order chi connectivity index (χ1) is 12.7. The molecule has 1 unspecified atom stereocenters. The van der Waals surface area contributed by atoms with Crippen LogP contribution in [0.25, 0.3) is 0 Å². The molecule has 2 aromatic carbocycles. The van der Waals surface area contributed by atoms with Gasteiger partial charge in [0.15, 0.2) is 0 Å². The maximum Gasteiger partial charge on any atom is 0.417 e. The highest BCUT2D eigenvalue weighted by atomic mass is 35.5. The second-order valence-electron chi connectivity index (χ2n) is 6.46. The Morgan fingerprint density at radius 1 is 1.26 bits per heavy atom. The van der Waals surface area contributed by atoms with E-state index in [1.807, 2.05) is 12.1 Å². The normalized spacial score (nSPS) is 16.6. The maximum atomic E-state index is 12.9. The van der Waals surface area contributed by atoms with Crippen LogP contribution in [0.3, 0.4) is 0 Å². The van der Waals surface area contributed by atoms with E-state index >= 15 is 0 Å². The molecule has 8 heteroatoms. The molecule has 0 saturated carbocycles. The van der Waals surface area contributed by atoms with Gasteiger partial charge >= 0.3 is 12.2 Å². The zero-order valence-corrected chi connectivity index (χ0v) is 15.0. The van der Waals surface area contributed by atoms with Crippen LogP contribution in [0.4, 0.5) is 23.7 Å². The van der Waals surface area contributed by atoms with Gasteiger partial charge in [-0.1, -0.05) is 29.8 Å². The first-order valence-electron chi connectivity index (χ1n) is 8.43. The molecular weight excluding hydrogens is 381 g/mol. The summed E-state index contributed by atoms with van der Waals surface area (Å²) in [5, 5.41) is 14.7. The molecule has 0 fully saturated rings. The Hall–Kier alpha value is -2.25. The predicted molar refractivity (Wildman–Crippen MR) is 96.8 cm³/mol. The molecule has 0 spiro atoms. The van der Waals surface area contributed by atoms with Gasteiger partial charge in [-0.2, -0.15) is 13.2 Å². The number of hydrogen-bond acceptors (Lipinski definition) is 2. The first-order valence-corrected chi connectivity index (χ1v) is 8.81. The predicted octanol–water partition coefficient (Wildman–Crippen LogP) is 4.53. The van der Waals surface area contributed by atoms with E-state index in [0.29, 0.717) is 18.5 Å². The van der Waals surface area contributed by atoms with Crippen LogP contribution in [0.1, 0.15) is 28.7 Å². The van der Waals surface area contributed by atoms with E-state index < -0.39 is 23.9 Å². The highest BCUT2D eigenvalue weighted by Gasteiger charge is 2.33. The molecule has 0 saturated heterocycles. The van der Waals surface area contributed by atoms with Crippen molar-refractivity contribution >= 4 is 23.3 Å². The molecule has 2 amide bonds. The number of aryl methyl sites for hydroxylation is 1. The van der Waals surface area contributed by atoms with Crippen LogP contribution in [-0.2, 0) is 25.6 Å². The number of urea groups is 1. The number of alkyl halides is 3. The van der Waals surface area contributed by atoms with E-state index in [1.54, 1.807) is 6.07 Å². The molecule has 144 valence electrons. The van der Waals surface area contributed by atoms with Crippen molar-refractivity contribution in [3.63, 3.8) is 0 Å². The Kier molecular flexibility index (Phi) is 5.62. The second kappa shape index (κ2) is 7.78. The zero-order chi connectivity index (χ0) is 19.6. The molecular formula is C19H18ClF3N2O2. The number of halogens is 4. The molecule has 1 aliphatic rings. The molecule has 0 aromatic heterocycles. The molecule has 0 radical (unpaired) electrons. The molecule has 4 nitrogen and oxygen atoms in total. The lowest BCUT2D eigenvalue weighted by atomic mass is 9.88. The number of anilines is 1. The number of carbonyl (C=O) groups is 1. The van der Waals surface area contributed by atoms with Crippen molar-refractivity contribution in [2.75, 3.05) is 5.32 Å². The number of carbonyl (C=O) groups excluding carboxylic acids is 1. The number of amides is 2. The summed E-state index contributed by atoms with van der Waals surface area (Å²) in [6.07, 6.45) is -3.13. The Labute approximate surface area is 159 Å². The summed E-state index contributed by atoms with van der Waals surface area (Å²) < 4.78 is 38.7. The molecule has 2 aromatic rings. The van der Waals surface area contributed by atoms with Crippen LogP contribution < -0.4 is 10.6 Å². The van der Waals surface area contributed by atoms with Crippen molar-refractivity contribution < 1.29 is 23.1 Å². The van der Waals surface area contributed by atoms with Crippen LogP contribution in [0, 0.1) is 0 Å². The lowest BCUT2D eigenvalue weighted by Gasteiger charge is -2.23. The third-order valence-corrected chi connectivity index (χ3v) is 4.83. The van der Waals surface area contributed by atoms with E-state index in [-0.39, 0.29) is 17.1 Å². The fourth-order valence-electron chi connectivity index (χ4n) is 3.14. The molecule has 3 rings (SSSR count). The average molecular weight is 399 g/mol. The van der Waals surface area contributed by atoms with Gasteiger partial charge in [0.25, 0.3) is 0 Å². The van der Waals surface area contributed by atoms with Crippen LogP contribution in [0.5, 0.6) is 0 Å². The quantitative estimate of drug-likeness (QED) is 0.711. The Bertz CT molecular complexity index is 855. The number of fused-ring (bicyclic) bond motifs is 1. The Morgan fingerprint density at radius 2 is 2.04 bits per heavy atom. The van der Waals surface area contributed by atoms with Crippen molar-refractivity contribution in [3.05, 3.63) is 63.7 Å². The summed E-state index contributed by atoms with van der Waals surface area (Å²) >= 11 is 5.59. The summed E-state index contributed by atoms with van der Waals surface area (Å²) in [7, 11) is 0. The van der Waals surface area contributed by atoms with Crippen LogP contribution in [0.2, 0.25) is 5.02 Å². The SMILES string of the molecule is O=C(NCc1ccc(Cl)c(C(F)(F)F)c1)Nc1cccc2c1CC(O)CC2. The standard InChI is InChI=1S/C19H18ClF3N2O2/c20-16-7-4-11(8-15(16)19(21,22)23)10-24-18(27)25-17-3-1-2-12-5-6-13(26)9-14(12)17/h1-4,7-8,13,26H,5-6,9-10H2,(H2,24,25,27). The summed E-state index contributed by atoms with van der Waals surface area (Å²) in [6, 6.07) is 8.49. The largest absolute Gasteiger partial charge is 0.417 e. The number of aliphatic hydroxyl groups excluding tert-OH is 1. The number of benzene rings is 2. The summed E-state index contributed by atoms with van der Waals surface area (Å²) in [4.78, 5) is 12.2. The van der Waals surface area contributed by atoms with E-state index in [0.717, 1.165) is 29.7 Å². The number of nitrogens with one attached hydrogen (secondary N) is 2. The highest BCUT2D eigenvalue weighted by Crippen LogP contribution is 2.35. The number of hydrogen-bond donors (Lipinski definition) is 3. The van der Waals surface area contributed by atoms with Gasteiger partial charge in [0.2, 0.25) is 0 Å². The summed E-state index contributed by atoms with van der Waals surface area (Å²) in [6.45, 7) is -0.0796. The number of aliphatic hydroxyl groups is 1. The van der Waals surface area contributed by atoms with Gasteiger partial charge in [-0.05, 0) is 47.7 Å². The average Bonchev–Trinajstić information content (AvgIpc) is 2.60. The van der Waals surface area contributed by atoms with Gasteiger partial charge in [0.05, 0.1) is 16.7 Å². The van der Waals surface area contributed by atoms with Crippen LogP contribution in [-0.4, -0.2) is 17.2 Å². The van der Waals surface area contributed by atoms with Gasteiger partial charge in [-0.3, -0.25) is 0 Å². The van der Waals surface area contributed by atoms with Gasteiger partial charge < -0.3 is 15.7 Å². The second-order valence-corrected chi connectivity index (χ2v) is 6.87. The van der Waals surface area contributed by atoms with E-state index in [4.69, 9.17) is 11.6 Å². The van der Waals surface area contributed by atoms with Gasteiger partial charge in [0.1, 0.15) is 0 Å². The maximum absolute atomic E-state index is 12.9. The third kappa shape index (κ3) is 4.73. The van der Waals surface area contributed by atoms with Crippen molar-refractivity contribution in [1.29, 1.82) is 0 Å². The minimum atomic E-state index is -4.56. The fourth-order valence-corrected chi connectivity index (χ4v) is 3.36. The molecule has 0 aliphatic heterocycles. The lowest BCUT2D eigenvalue weighted by molar-refractivity contribution is -0.137. The van der Waals surface area contributed by atoms with Crippen molar-refractivity contribution in [2.45, 2.75) is 38.1 Å². The molecule has 0 bridgehead atoms. The van der Waals surface area contributed by atoms with Gasteiger partial charge in [0, 0.05) is 18.7 Å². The Balaban J connectivity index is 1.66. The summed E-state index contributed by atoms with van der Waals surface area (Å²) in [5.74, 6) is 0. The van der Waals surface area contributed by atoms with Crippen LogP contribution in [0.15, 0.2) is 36.4 Å². The monoisotopic (exact) mass is 398 g/mol. The summed E-state index contributed by atoms with van der Waals surface area (Å²) in [5.41, 5.74) is 1.90. The van der Waals surface area contributed by atoms with E-state index in [9.17, 15) is 23.1 Å². The van der Waals surface area contributed by atoms with Crippen molar-refractivity contribution in [3.8, 4) is 0 Å². The zero-order valence-electron chi connectivity index (χ0n) is 14.2. The van der Waals surface area contributed by atoms with Gasteiger partial charge in [-0.25, -0.2) is 4.79 Å². The minimum absolute atomic E-state index is 0.0796. The molecule has 1 aliphatic carbocycles. The molecule has 0 heterocycles. The van der Waals surface area contributed by atoms with E-state index in [1.165, 1.54) is 6.07 Å². The van der Waals surface area contributed by atoms with E-state index in [2.05, 4.69) is 10.6 Å². The number of rotatable bonds is 3. The first kappa shape index (κ1) is 19.5. The minimum Gasteiger partial charge on any atom is -0.393 e. The Morgan fingerprint density at radius 3 is 2.78 bits per heavy atom. The lowest BCUT2D eigenvalue weighted by Crippen LogP contribution is -2.29. The third-order valence-electron chi connectivity index (χ3n) is 4.50. The molecule has 27 heavy (non-hydrogen) atoms. The van der Waals surface area contributed by atoms with Gasteiger partial charge in [-0.15, -0.1) is 0 Å². The van der Waals surface area contributed by atoms with Crippen molar-refractivity contribution in [1.82, 2.24) is 5.32 Å². The van der Waals surface area contributed by atoms with Crippen molar-refractivity contribution in [2.24, 2.45) is 0 Å². The molecule has 3 N–H and O–H groups in total. The smallest absolute Gasteiger partial charge is 0.393 e. The fraction of sp³-hybridized carbons (Fsp3) is 0.316. The topological polar surface area (TPSA) is 61.4 Å². The molecule has 1 atom stereocenters. The van der Waals surface area contributed by atoms with Crippen LogP contribution >= 0.6 is 11.6 Å². The highest BCUT2D eigenvalue weighted by molar-refractivity contribution is 6.31.